The molecule has 0 bridgehead atoms. The molecule has 1 saturated carbocycles. The number of aryl methyl sites for hydroxylation is 1. The Bertz CT molecular complexity index is 433. The molecular formula is C18H26O3. The quantitative estimate of drug-likeness (QED) is 0.846. The Morgan fingerprint density at radius 3 is 2.81 bits per heavy atom. The Kier molecular flexibility index (Phi) is 4.94. The highest BCUT2D eigenvalue weighted by atomic mass is 16.5. The van der Waals surface area contributed by atoms with Crippen molar-refractivity contribution < 1.29 is 14.9 Å². The first-order valence-corrected chi connectivity index (χ1v) is 8.25. The predicted molar refractivity (Wildman–Crippen MR) is 82.0 cm³/mol. The minimum absolute atomic E-state index is 0.235. The molecule has 21 heavy (non-hydrogen) atoms. The third-order valence-electron chi connectivity index (χ3n) is 5.22. The number of hydrogen-bond acceptors (Lipinski definition) is 3. The lowest BCUT2D eigenvalue weighted by atomic mass is 9.87. The largest absolute Gasteiger partial charge is 0.393 e. The van der Waals surface area contributed by atoms with E-state index >= 15 is 0 Å². The van der Waals surface area contributed by atoms with E-state index in [1.165, 1.54) is 5.56 Å². The highest BCUT2D eigenvalue weighted by Gasteiger charge is 2.45. The summed E-state index contributed by atoms with van der Waals surface area (Å²) in [5, 5.41) is 20.3. The molecule has 2 N–H and O–H groups in total. The van der Waals surface area contributed by atoms with Crippen molar-refractivity contribution in [3.05, 3.63) is 35.9 Å². The van der Waals surface area contributed by atoms with Crippen LogP contribution in [0.1, 0.15) is 37.7 Å². The summed E-state index contributed by atoms with van der Waals surface area (Å²) in [6.45, 7) is 0.842. The van der Waals surface area contributed by atoms with Crippen molar-refractivity contribution in [1.82, 2.24) is 0 Å². The lowest BCUT2D eigenvalue weighted by Crippen LogP contribution is -2.22. The molecular weight excluding hydrogens is 264 g/mol. The summed E-state index contributed by atoms with van der Waals surface area (Å²) < 4.78 is 5.67. The SMILES string of the molecule is O[C@@H](CCc1ccccc1)CC[C@@H]1[C@H]2CCO[C@H]2C[C@H]1O. The summed E-state index contributed by atoms with van der Waals surface area (Å²) in [5.41, 5.74) is 1.28. The molecule has 1 aromatic carbocycles. The summed E-state index contributed by atoms with van der Waals surface area (Å²) in [7, 11) is 0. The van der Waals surface area contributed by atoms with E-state index in [-0.39, 0.29) is 18.3 Å². The van der Waals surface area contributed by atoms with Crippen LogP contribution in [-0.2, 0) is 11.2 Å². The van der Waals surface area contributed by atoms with Crippen LogP contribution in [0.3, 0.4) is 0 Å². The van der Waals surface area contributed by atoms with Crippen LogP contribution in [-0.4, -0.2) is 35.1 Å². The number of rotatable bonds is 6. The fourth-order valence-corrected chi connectivity index (χ4v) is 4.01. The van der Waals surface area contributed by atoms with Gasteiger partial charge in [0.1, 0.15) is 0 Å². The smallest absolute Gasteiger partial charge is 0.0632 e. The van der Waals surface area contributed by atoms with Crippen molar-refractivity contribution in [1.29, 1.82) is 0 Å². The topological polar surface area (TPSA) is 49.7 Å². The second-order valence-corrected chi connectivity index (χ2v) is 6.58. The Balaban J connectivity index is 1.42. The maximum atomic E-state index is 10.2. The van der Waals surface area contributed by atoms with Crippen molar-refractivity contribution in [2.24, 2.45) is 11.8 Å². The normalized spacial score (nSPS) is 33.0. The summed E-state index contributed by atoms with van der Waals surface area (Å²) in [5.74, 6) is 0.838. The van der Waals surface area contributed by atoms with Gasteiger partial charge in [-0.3, -0.25) is 0 Å². The van der Waals surface area contributed by atoms with Gasteiger partial charge in [-0.25, -0.2) is 0 Å². The summed E-state index contributed by atoms with van der Waals surface area (Å²) >= 11 is 0. The number of ether oxygens (including phenoxy) is 1. The molecule has 2 aliphatic rings. The average molecular weight is 290 g/mol. The lowest BCUT2D eigenvalue weighted by molar-refractivity contribution is 0.0737. The molecule has 1 aliphatic heterocycles. The van der Waals surface area contributed by atoms with Crippen LogP contribution in [0.2, 0.25) is 0 Å². The predicted octanol–water partition coefficient (Wildman–Crippen LogP) is 2.55. The van der Waals surface area contributed by atoms with Crippen molar-refractivity contribution in [3.8, 4) is 0 Å². The van der Waals surface area contributed by atoms with Crippen LogP contribution in [0.4, 0.5) is 0 Å². The molecule has 1 saturated heterocycles. The third-order valence-corrected chi connectivity index (χ3v) is 5.22. The molecule has 1 aliphatic carbocycles. The van der Waals surface area contributed by atoms with Crippen molar-refractivity contribution in [2.45, 2.75) is 56.8 Å². The van der Waals surface area contributed by atoms with Gasteiger partial charge >= 0.3 is 0 Å². The number of benzene rings is 1. The van der Waals surface area contributed by atoms with Gasteiger partial charge < -0.3 is 14.9 Å². The van der Waals surface area contributed by atoms with Crippen LogP contribution in [0.25, 0.3) is 0 Å². The minimum atomic E-state index is -0.265. The maximum absolute atomic E-state index is 10.2. The zero-order chi connectivity index (χ0) is 14.7. The average Bonchev–Trinajstić information content (AvgIpc) is 3.05. The van der Waals surface area contributed by atoms with Gasteiger partial charge in [-0.2, -0.15) is 0 Å². The first-order chi connectivity index (χ1) is 10.2. The molecule has 0 unspecified atom stereocenters. The Labute approximate surface area is 127 Å². The molecule has 3 heteroatoms. The standard InChI is InChI=1S/C18H26O3/c19-14(7-6-13-4-2-1-3-5-13)8-9-15-16-10-11-21-18(16)12-17(15)20/h1-5,14-20H,6-12H2/t14-,15+,16+,17+,18-/m0/s1. The van der Waals surface area contributed by atoms with E-state index in [4.69, 9.17) is 4.74 Å². The first-order valence-electron chi connectivity index (χ1n) is 8.25. The third kappa shape index (κ3) is 3.65. The van der Waals surface area contributed by atoms with Crippen LogP contribution >= 0.6 is 0 Å². The van der Waals surface area contributed by atoms with Crippen LogP contribution < -0.4 is 0 Å². The van der Waals surface area contributed by atoms with Gasteiger partial charge in [0, 0.05) is 13.0 Å². The van der Waals surface area contributed by atoms with Gasteiger partial charge in [-0.05, 0) is 49.5 Å². The van der Waals surface area contributed by atoms with E-state index in [0.717, 1.165) is 45.1 Å². The molecule has 3 rings (SSSR count). The Hall–Kier alpha value is -0.900. The van der Waals surface area contributed by atoms with Gasteiger partial charge in [0.15, 0.2) is 0 Å². The summed E-state index contributed by atoms with van der Waals surface area (Å²) in [6.07, 6.45) is 5.07. The van der Waals surface area contributed by atoms with Crippen molar-refractivity contribution in [3.63, 3.8) is 0 Å². The molecule has 0 spiro atoms. The van der Waals surface area contributed by atoms with E-state index < -0.39 is 0 Å². The number of hydrogen-bond donors (Lipinski definition) is 2. The van der Waals surface area contributed by atoms with Crippen LogP contribution in [0.15, 0.2) is 30.3 Å². The van der Waals surface area contributed by atoms with Gasteiger partial charge in [0.25, 0.3) is 0 Å². The van der Waals surface area contributed by atoms with Gasteiger partial charge in [-0.1, -0.05) is 30.3 Å². The molecule has 0 amide bonds. The summed E-state index contributed by atoms with van der Waals surface area (Å²) in [6, 6.07) is 10.3. The first kappa shape index (κ1) is 15.0. The van der Waals surface area contributed by atoms with Crippen LogP contribution in [0.5, 0.6) is 0 Å². The van der Waals surface area contributed by atoms with Crippen molar-refractivity contribution in [2.75, 3.05) is 6.61 Å². The van der Waals surface area contributed by atoms with E-state index in [1.54, 1.807) is 0 Å². The number of aliphatic hydroxyl groups excluding tert-OH is 2. The minimum Gasteiger partial charge on any atom is -0.393 e. The second-order valence-electron chi connectivity index (χ2n) is 6.58. The molecule has 2 fully saturated rings. The zero-order valence-corrected chi connectivity index (χ0v) is 12.5. The fraction of sp³-hybridized carbons (Fsp3) is 0.667. The zero-order valence-electron chi connectivity index (χ0n) is 12.5. The number of aliphatic hydroxyl groups is 2. The Morgan fingerprint density at radius 1 is 1.19 bits per heavy atom. The Morgan fingerprint density at radius 2 is 2.00 bits per heavy atom. The maximum Gasteiger partial charge on any atom is 0.0632 e. The van der Waals surface area contributed by atoms with Crippen molar-refractivity contribution >= 4 is 0 Å². The molecule has 3 nitrogen and oxygen atoms in total. The highest BCUT2D eigenvalue weighted by Crippen LogP contribution is 2.43. The second kappa shape index (κ2) is 6.91. The molecule has 5 atom stereocenters. The van der Waals surface area contributed by atoms with E-state index in [2.05, 4.69) is 12.1 Å². The lowest BCUT2D eigenvalue weighted by Gasteiger charge is -2.21. The van der Waals surface area contributed by atoms with Gasteiger partial charge in [-0.15, -0.1) is 0 Å². The monoisotopic (exact) mass is 290 g/mol. The van der Waals surface area contributed by atoms with Crippen LogP contribution in [0, 0.1) is 11.8 Å². The molecule has 1 aromatic rings. The number of fused-ring (bicyclic) bond motifs is 1. The van der Waals surface area contributed by atoms with Gasteiger partial charge in [0.2, 0.25) is 0 Å². The van der Waals surface area contributed by atoms with E-state index in [9.17, 15) is 10.2 Å². The van der Waals surface area contributed by atoms with E-state index in [0.29, 0.717) is 11.8 Å². The molecule has 1 heterocycles. The van der Waals surface area contributed by atoms with E-state index in [1.807, 2.05) is 18.2 Å². The summed E-state index contributed by atoms with van der Waals surface area (Å²) in [4.78, 5) is 0. The van der Waals surface area contributed by atoms with Gasteiger partial charge in [0.05, 0.1) is 18.3 Å². The molecule has 0 radical (unpaired) electrons. The highest BCUT2D eigenvalue weighted by molar-refractivity contribution is 5.14. The molecule has 116 valence electrons. The molecule has 0 aromatic heterocycles. The fourth-order valence-electron chi connectivity index (χ4n) is 4.01.